The Morgan fingerprint density at radius 1 is 0.473 bits per heavy atom. The summed E-state index contributed by atoms with van der Waals surface area (Å²) in [4.78, 5) is 66.5. The molecule has 20 nitrogen and oxygen atoms in total. The van der Waals surface area contributed by atoms with Crippen LogP contribution in [0.4, 0.5) is 40.9 Å². The third-order valence-corrected chi connectivity index (χ3v) is 20.2. The van der Waals surface area contributed by atoms with Gasteiger partial charge >= 0.3 is 18.0 Å². The van der Waals surface area contributed by atoms with Gasteiger partial charge in [-0.05, 0) is 170 Å². The van der Waals surface area contributed by atoms with Crippen LogP contribution in [0.25, 0.3) is 32.7 Å². The summed E-state index contributed by atoms with van der Waals surface area (Å²) in [7, 11) is -10.1. The molecule has 0 radical (unpaired) electrons. The summed E-state index contributed by atoms with van der Waals surface area (Å²) in [5.74, 6) is 0.812. The number of aliphatic hydroxyl groups is 1. The second-order valence-corrected chi connectivity index (χ2v) is 30.9. The van der Waals surface area contributed by atoms with Gasteiger partial charge in [-0.15, -0.1) is 0 Å². The Morgan fingerprint density at radius 3 is 1.36 bits per heavy atom. The monoisotopic (exact) mass is 1640 g/mol. The molecule has 0 saturated heterocycles. The molecule has 0 fully saturated rings. The number of aromatic nitrogens is 3. The summed E-state index contributed by atoms with van der Waals surface area (Å²) in [5.41, 5.74) is 9.30. The number of ketones is 3. The van der Waals surface area contributed by atoms with Crippen molar-refractivity contribution in [3.8, 4) is 34.5 Å². The van der Waals surface area contributed by atoms with Crippen molar-refractivity contribution in [1.82, 2.24) is 15.0 Å². The number of nitrogens with one attached hydrogen (secondary N) is 6. The number of aromatic amines is 3. The number of Topliss-reactive ketones (excluding diaryl/α,β-unsaturated/α-hetero) is 3. The van der Waals surface area contributed by atoms with Gasteiger partial charge in [0.15, 0.2) is 17.3 Å². The van der Waals surface area contributed by atoms with Gasteiger partial charge in [-0.2, -0.15) is 0 Å². The first-order valence-corrected chi connectivity index (χ1v) is 39.1. The zero-order valence-corrected chi connectivity index (χ0v) is 65.7. The average molecular weight is 1650 g/mol. The Hall–Kier alpha value is -10.3. The molecule has 3 atom stereocenters. The number of hydrogen-bond donors (Lipinski definition) is 9. The third-order valence-electron chi connectivity index (χ3n) is 17.8. The highest BCUT2D eigenvalue weighted by Crippen LogP contribution is 3.02. The average Bonchev–Trinajstić information content (AvgIpc) is 1.70. The van der Waals surface area contributed by atoms with Crippen molar-refractivity contribution in [3.63, 3.8) is 0 Å². The summed E-state index contributed by atoms with van der Waals surface area (Å²) in [6, 6.07) is 35.8. The van der Waals surface area contributed by atoms with Crippen LogP contribution < -0.4 is 44.4 Å². The highest BCUT2D eigenvalue weighted by Gasteiger charge is 2.65. The van der Waals surface area contributed by atoms with Crippen LogP contribution in [-0.4, -0.2) is 102 Å². The molecule has 592 valence electrons. The Labute approximate surface area is 657 Å². The summed E-state index contributed by atoms with van der Waals surface area (Å²) in [5, 5.41) is 21.2. The van der Waals surface area contributed by atoms with Crippen LogP contribution in [0.3, 0.4) is 0 Å². The second-order valence-electron chi connectivity index (χ2n) is 25.9. The number of ether oxygens (including phenoxy) is 6. The Bertz CT molecular complexity index is 5600. The summed E-state index contributed by atoms with van der Waals surface area (Å²) in [6.45, 7) is 11.3. The molecule has 0 spiro atoms. The van der Waals surface area contributed by atoms with Gasteiger partial charge in [0.25, 0.3) is 0 Å². The van der Waals surface area contributed by atoms with Crippen LogP contribution in [0.15, 0.2) is 181 Å². The number of anilines is 3. The lowest BCUT2D eigenvalue weighted by molar-refractivity contribution is 0.0963. The predicted molar refractivity (Wildman–Crippen MR) is 427 cm³/mol. The van der Waals surface area contributed by atoms with E-state index in [0.717, 1.165) is 40.1 Å². The normalized spacial score (nSPS) is 13.3. The maximum absolute atomic E-state index is 14.2. The molecule has 3 aromatic heterocycles. The zero-order valence-electron chi connectivity index (χ0n) is 62.7. The maximum Gasteiger partial charge on any atom is 0.469 e. The summed E-state index contributed by atoms with van der Waals surface area (Å²) >= 11 is 18.5. The molecule has 0 bridgehead atoms. The van der Waals surface area contributed by atoms with E-state index in [1.54, 1.807) is 135 Å². The molecule has 0 aliphatic rings. The zero-order chi connectivity index (χ0) is 82.1. The molecule has 0 saturated carbocycles. The molecule has 9 N–H and O–H groups in total. The second kappa shape index (κ2) is 34.7. The van der Waals surface area contributed by atoms with E-state index in [1.165, 1.54) is 39.7 Å². The number of phosphoric acid groups is 1. The van der Waals surface area contributed by atoms with E-state index in [4.69, 9.17) is 78.1 Å². The van der Waals surface area contributed by atoms with Crippen molar-refractivity contribution < 1.29 is 92.0 Å². The van der Waals surface area contributed by atoms with E-state index >= 15 is 0 Å². The van der Waals surface area contributed by atoms with Gasteiger partial charge in [0, 0.05) is 155 Å². The SMILES string of the molecule is CCCOc1cc(NC(C(=O)c2c[nH]c3ccc(S(F)(F)(F)(F)F)cc23)c2ccc(Cl)cc2C)cc(OC)c1.COc1cc(NC(C(=O)c2c[nH]c3cc(F)ccc23)c2ccc(Cl)cc2C)cc(OCCOP(=O)(O)O)c1.[2H]C(Nc1cc(OC)cc(OCCO)c1)(C(=O)c1c[nH]c2cc(C)c(C)cc12)c1ccc(Cl)cc1C. The lowest BCUT2D eigenvalue weighted by atomic mass is 9.93. The lowest BCUT2D eigenvalue weighted by Crippen LogP contribution is -2.22. The van der Waals surface area contributed by atoms with Crippen molar-refractivity contribution in [2.24, 2.45) is 0 Å². The Kier molecular flexibility index (Phi) is 25.6. The molecule has 31 heteroatoms. The van der Waals surface area contributed by atoms with Crippen LogP contribution in [0, 0.1) is 40.4 Å². The third kappa shape index (κ3) is 21.3. The van der Waals surface area contributed by atoms with Gasteiger partial charge in [-0.1, -0.05) is 79.4 Å². The van der Waals surface area contributed by atoms with Crippen molar-refractivity contribution in [3.05, 3.63) is 258 Å². The number of aliphatic hydroxyl groups excluding tert-OH is 1. The van der Waals surface area contributed by atoms with E-state index in [0.29, 0.717) is 135 Å². The van der Waals surface area contributed by atoms with Gasteiger partial charge in [0.2, 0.25) is 0 Å². The molecule has 112 heavy (non-hydrogen) atoms. The van der Waals surface area contributed by atoms with Crippen molar-refractivity contribution in [2.75, 3.05) is 70.3 Å². The number of benzene rings is 9. The number of carbonyl (C=O) groups excluding carboxylic acids is 3. The maximum atomic E-state index is 14.2. The molecule has 3 heterocycles. The number of fused-ring (bicyclic) bond motifs is 3. The van der Waals surface area contributed by atoms with Crippen LogP contribution >= 0.6 is 52.8 Å². The number of H-pyrrole nitrogens is 3. The van der Waals surface area contributed by atoms with Crippen molar-refractivity contribution in [1.29, 1.82) is 0 Å². The van der Waals surface area contributed by atoms with E-state index in [1.807, 2.05) is 46.8 Å². The smallest absolute Gasteiger partial charge is 0.469 e. The highest BCUT2D eigenvalue weighted by molar-refractivity contribution is 8.45. The van der Waals surface area contributed by atoms with Crippen LogP contribution in [-0.2, 0) is 9.09 Å². The standard InChI is InChI=1S/C28H29ClN2O4.C27H26ClF5N2O3S.C26H25ClFN2O7P/c1-16-10-24-25(15-30-26(24)11-17(16)2)28(33)27(23-6-5-19(29)9-18(23)3)31-20-12-21(34-4)14-22(13-20)35-8-7-32;1-4-9-38-20-12-18(11-19(13-20)37-3)35-26(22-7-5-17(28)10-16(22)2)27(36)24-15-34-25-8-6-21(14-23(24)25)39(29,30,31,32)33;1-15-9-16(27)3-5-21(15)25(26(31)23-14-29-24-10-17(28)4-6-22(23)24)30-18-11-19(35-2)13-20(12-18)36-7-8-37-38(32,33)34/h5-6,9-15,27,30-32H,7-8H2,1-4H3;5-8,10-15,26,34-35H,4,9H2,1-3H3;3-6,9-14,25,29-30H,7-8H2,1-2H3,(H2,32,33,34)/i27D;;. The molecule has 0 amide bonds. The molecular formula is C81H80Cl3F6N6O14PS. The number of rotatable bonds is 30. The molecule has 0 aliphatic heterocycles. The molecule has 0 aliphatic carbocycles. The van der Waals surface area contributed by atoms with Crippen LogP contribution in [0.2, 0.25) is 15.1 Å². The van der Waals surface area contributed by atoms with E-state index in [9.17, 15) is 44.1 Å². The topological polar surface area (TPSA) is 277 Å². The largest absolute Gasteiger partial charge is 0.497 e. The molecule has 3 unspecified atom stereocenters. The fraction of sp³-hybridized carbons (Fsp3) is 0.222. The first-order valence-electron chi connectivity index (χ1n) is 35.0. The van der Waals surface area contributed by atoms with Crippen molar-refractivity contribution in [2.45, 2.75) is 71.0 Å². The quantitative estimate of drug-likeness (QED) is 0.00876. The van der Waals surface area contributed by atoms with Gasteiger partial charge in [0.1, 0.15) is 76.5 Å². The van der Waals surface area contributed by atoms with Gasteiger partial charge in [0.05, 0.1) is 42.5 Å². The first-order chi connectivity index (χ1) is 53.3. The molecule has 12 aromatic rings. The van der Waals surface area contributed by atoms with Crippen LogP contribution in [0.1, 0.15) is 108 Å². The van der Waals surface area contributed by atoms with Gasteiger partial charge in [-0.3, -0.25) is 18.9 Å². The fourth-order valence-electron chi connectivity index (χ4n) is 12.2. The number of methoxy groups -OCH3 is 3. The van der Waals surface area contributed by atoms with Gasteiger partial charge < -0.3 is 74.2 Å². The number of hydrogen-bond acceptors (Lipinski definition) is 15. The number of carbonyl (C=O) groups is 3. The molecule has 9 aromatic carbocycles. The Morgan fingerprint density at radius 2 is 0.893 bits per heavy atom. The lowest BCUT2D eigenvalue weighted by Gasteiger charge is -2.40. The van der Waals surface area contributed by atoms with Crippen LogP contribution in [0.5, 0.6) is 34.5 Å². The number of halogens is 9. The van der Waals surface area contributed by atoms with E-state index < -0.39 is 58.4 Å². The first kappa shape index (κ1) is 82.6. The van der Waals surface area contributed by atoms with Gasteiger partial charge in [-0.25, -0.2) is 8.96 Å². The molecular weight excluding hydrogens is 1560 g/mol. The van der Waals surface area contributed by atoms with E-state index in [2.05, 4.69) is 35.4 Å². The predicted octanol–water partition coefficient (Wildman–Crippen LogP) is 21.6. The minimum Gasteiger partial charge on any atom is -0.497 e. The summed E-state index contributed by atoms with van der Waals surface area (Å²) < 4.78 is 139. The minimum atomic E-state index is -9.98. The number of aryl methyl sites for hydroxylation is 5. The Balaban J connectivity index is 0.000000180. The summed E-state index contributed by atoms with van der Waals surface area (Å²) in [6.07, 6.45) is 5.17. The number of phosphoric ester groups is 1. The molecule has 12 rings (SSSR count). The highest BCUT2D eigenvalue weighted by atomic mass is 35.5. The van der Waals surface area contributed by atoms with E-state index in [-0.39, 0.29) is 48.7 Å². The minimum absolute atomic E-state index is 0.0992. The van der Waals surface area contributed by atoms with Crippen molar-refractivity contribution >= 4 is 120 Å². The fourth-order valence-corrected chi connectivity index (χ4v) is 13.9.